The second-order valence-electron chi connectivity index (χ2n) is 4.98. The summed E-state index contributed by atoms with van der Waals surface area (Å²) in [4.78, 5) is 0. The summed E-state index contributed by atoms with van der Waals surface area (Å²) < 4.78 is 1.91. The molecular formula is C10H18N4. The minimum atomic E-state index is 0.0326. The van der Waals surface area contributed by atoms with Crippen molar-refractivity contribution < 1.29 is 0 Å². The Kier molecular flexibility index (Phi) is 2.31. The van der Waals surface area contributed by atoms with Crippen molar-refractivity contribution in [3.05, 3.63) is 11.9 Å². The van der Waals surface area contributed by atoms with Crippen molar-refractivity contribution in [1.29, 1.82) is 0 Å². The molecule has 0 amide bonds. The molecule has 1 fully saturated rings. The molecule has 0 radical (unpaired) electrons. The lowest BCUT2D eigenvalue weighted by Gasteiger charge is -2.17. The first kappa shape index (κ1) is 9.65. The Morgan fingerprint density at radius 3 is 2.71 bits per heavy atom. The van der Waals surface area contributed by atoms with Crippen LogP contribution in [-0.4, -0.2) is 21.0 Å². The second kappa shape index (κ2) is 3.35. The molecule has 0 spiro atoms. The summed E-state index contributed by atoms with van der Waals surface area (Å²) in [5.74, 6) is 0. The maximum absolute atomic E-state index is 4.13. The normalized spacial score (nSPS) is 17.4. The molecule has 0 atom stereocenters. The van der Waals surface area contributed by atoms with Crippen LogP contribution in [0.2, 0.25) is 0 Å². The Hall–Kier alpha value is -0.900. The molecule has 0 unspecified atom stereocenters. The Morgan fingerprint density at radius 2 is 2.21 bits per heavy atom. The summed E-state index contributed by atoms with van der Waals surface area (Å²) >= 11 is 0. The van der Waals surface area contributed by atoms with Gasteiger partial charge in [-0.25, -0.2) is 4.68 Å². The number of nitrogens with zero attached hydrogens (tertiary/aromatic N) is 3. The molecule has 0 aromatic carbocycles. The Labute approximate surface area is 84.7 Å². The Morgan fingerprint density at radius 1 is 1.50 bits per heavy atom. The van der Waals surface area contributed by atoms with E-state index in [0.29, 0.717) is 0 Å². The SMILES string of the molecule is CC(C)(C)n1cc(CNC2CC2)nn1. The molecule has 1 aliphatic carbocycles. The van der Waals surface area contributed by atoms with Crippen molar-refractivity contribution in [2.45, 2.75) is 51.7 Å². The maximum atomic E-state index is 4.13. The standard InChI is InChI=1S/C10H18N4/c1-10(2,3)14-7-9(12-13-14)6-11-8-4-5-8/h7-8,11H,4-6H2,1-3H3. The van der Waals surface area contributed by atoms with Crippen molar-refractivity contribution in [2.75, 3.05) is 0 Å². The van der Waals surface area contributed by atoms with Crippen molar-refractivity contribution in [2.24, 2.45) is 0 Å². The van der Waals surface area contributed by atoms with Gasteiger partial charge in [-0.2, -0.15) is 0 Å². The highest BCUT2D eigenvalue weighted by molar-refractivity contribution is 4.96. The van der Waals surface area contributed by atoms with E-state index in [1.807, 2.05) is 10.9 Å². The van der Waals surface area contributed by atoms with Crippen LogP contribution >= 0.6 is 0 Å². The van der Waals surface area contributed by atoms with Gasteiger partial charge in [0.05, 0.1) is 17.4 Å². The van der Waals surface area contributed by atoms with E-state index in [9.17, 15) is 0 Å². The van der Waals surface area contributed by atoms with Gasteiger partial charge in [-0.3, -0.25) is 0 Å². The first-order valence-corrected chi connectivity index (χ1v) is 5.21. The van der Waals surface area contributed by atoms with Gasteiger partial charge < -0.3 is 5.32 Å². The van der Waals surface area contributed by atoms with E-state index >= 15 is 0 Å². The lowest BCUT2D eigenvalue weighted by Crippen LogP contribution is -2.22. The highest BCUT2D eigenvalue weighted by Gasteiger charge is 2.21. The molecule has 4 heteroatoms. The topological polar surface area (TPSA) is 42.7 Å². The summed E-state index contributed by atoms with van der Waals surface area (Å²) in [7, 11) is 0. The molecule has 1 aromatic rings. The predicted octanol–water partition coefficient (Wildman–Crippen LogP) is 1.29. The fraction of sp³-hybridized carbons (Fsp3) is 0.800. The van der Waals surface area contributed by atoms with Crippen LogP contribution in [0.15, 0.2) is 6.20 Å². The van der Waals surface area contributed by atoms with E-state index in [1.165, 1.54) is 12.8 Å². The number of hydrogen-bond acceptors (Lipinski definition) is 3. The molecule has 0 bridgehead atoms. The van der Waals surface area contributed by atoms with Crippen LogP contribution in [0, 0.1) is 0 Å². The summed E-state index contributed by atoms with van der Waals surface area (Å²) in [5.41, 5.74) is 1.07. The van der Waals surface area contributed by atoms with Gasteiger partial charge in [0.2, 0.25) is 0 Å². The lowest BCUT2D eigenvalue weighted by molar-refractivity contribution is 0.347. The molecular weight excluding hydrogens is 176 g/mol. The predicted molar refractivity (Wildman–Crippen MR) is 54.9 cm³/mol. The minimum Gasteiger partial charge on any atom is -0.308 e. The zero-order valence-electron chi connectivity index (χ0n) is 9.12. The van der Waals surface area contributed by atoms with Gasteiger partial charge in [-0.1, -0.05) is 5.21 Å². The molecule has 1 aromatic heterocycles. The quantitative estimate of drug-likeness (QED) is 0.788. The molecule has 1 N–H and O–H groups in total. The highest BCUT2D eigenvalue weighted by Crippen LogP contribution is 2.19. The maximum Gasteiger partial charge on any atom is 0.0965 e. The van der Waals surface area contributed by atoms with E-state index in [-0.39, 0.29) is 5.54 Å². The second-order valence-corrected chi connectivity index (χ2v) is 4.98. The van der Waals surface area contributed by atoms with Crippen LogP contribution in [0.3, 0.4) is 0 Å². The van der Waals surface area contributed by atoms with Gasteiger partial charge in [0, 0.05) is 12.6 Å². The van der Waals surface area contributed by atoms with Gasteiger partial charge in [0.25, 0.3) is 0 Å². The third-order valence-electron chi connectivity index (χ3n) is 2.38. The smallest absolute Gasteiger partial charge is 0.0965 e. The fourth-order valence-electron chi connectivity index (χ4n) is 1.24. The van der Waals surface area contributed by atoms with Gasteiger partial charge >= 0.3 is 0 Å². The molecule has 14 heavy (non-hydrogen) atoms. The number of nitrogens with one attached hydrogen (secondary N) is 1. The van der Waals surface area contributed by atoms with Crippen LogP contribution < -0.4 is 5.32 Å². The van der Waals surface area contributed by atoms with E-state index in [2.05, 4.69) is 36.4 Å². The van der Waals surface area contributed by atoms with Gasteiger partial charge in [-0.05, 0) is 33.6 Å². The average molecular weight is 194 g/mol. The zero-order chi connectivity index (χ0) is 10.2. The average Bonchev–Trinajstić information content (AvgIpc) is 2.77. The van der Waals surface area contributed by atoms with Crippen LogP contribution in [0.4, 0.5) is 0 Å². The van der Waals surface area contributed by atoms with Crippen LogP contribution in [0.5, 0.6) is 0 Å². The molecule has 1 aliphatic rings. The van der Waals surface area contributed by atoms with Crippen LogP contribution in [-0.2, 0) is 12.1 Å². The van der Waals surface area contributed by atoms with Gasteiger partial charge in [0.15, 0.2) is 0 Å². The first-order chi connectivity index (χ1) is 6.55. The summed E-state index contributed by atoms with van der Waals surface area (Å²) in [6.07, 6.45) is 4.65. The molecule has 0 aliphatic heterocycles. The molecule has 4 nitrogen and oxygen atoms in total. The fourth-order valence-corrected chi connectivity index (χ4v) is 1.24. The third-order valence-corrected chi connectivity index (χ3v) is 2.38. The Bertz CT molecular complexity index is 306. The van der Waals surface area contributed by atoms with Crippen molar-refractivity contribution in [3.8, 4) is 0 Å². The van der Waals surface area contributed by atoms with Crippen LogP contribution in [0.1, 0.15) is 39.3 Å². The Balaban J connectivity index is 1.94. The van der Waals surface area contributed by atoms with E-state index in [1.54, 1.807) is 0 Å². The van der Waals surface area contributed by atoms with Crippen molar-refractivity contribution >= 4 is 0 Å². The molecule has 0 saturated heterocycles. The number of rotatable bonds is 3. The van der Waals surface area contributed by atoms with Gasteiger partial charge in [-0.15, -0.1) is 5.10 Å². The summed E-state index contributed by atoms with van der Waals surface area (Å²) in [6, 6.07) is 0.731. The monoisotopic (exact) mass is 194 g/mol. The van der Waals surface area contributed by atoms with Crippen LogP contribution in [0.25, 0.3) is 0 Å². The van der Waals surface area contributed by atoms with Crippen molar-refractivity contribution in [3.63, 3.8) is 0 Å². The lowest BCUT2D eigenvalue weighted by atomic mass is 10.1. The molecule has 2 rings (SSSR count). The summed E-state index contributed by atoms with van der Waals surface area (Å²) in [5, 5.41) is 11.7. The molecule has 1 saturated carbocycles. The van der Waals surface area contributed by atoms with E-state index in [0.717, 1.165) is 18.3 Å². The van der Waals surface area contributed by atoms with Crippen molar-refractivity contribution in [1.82, 2.24) is 20.3 Å². The number of aromatic nitrogens is 3. The van der Waals surface area contributed by atoms with E-state index < -0.39 is 0 Å². The minimum absolute atomic E-state index is 0.0326. The summed E-state index contributed by atoms with van der Waals surface area (Å²) in [6.45, 7) is 7.22. The molecule has 78 valence electrons. The third kappa shape index (κ3) is 2.32. The molecule has 1 heterocycles. The first-order valence-electron chi connectivity index (χ1n) is 5.21. The van der Waals surface area contributed by atoms with Gasteiger partial charge in [0.1, 0.15) is 0 Å². The zero-order valence-corrected chi connectivity index (χ0v) is 9.12. The largest absolute Gasteiger partial charge is 0.308 e. The number of hydrogen-bond donors (Lipinski definition) is 1. The van der Waals surface area contributed by atoms with E-state index in [4.69, 9.17) is 0 Å². The highest BCUT2D eigenvalue weighted by atomic mass is 15.4.